The van der Waals surface area contributed by atoms with E-state index in [0.717, 1.165) is 27.6 Å². The van der Waals surface area contributed by atoms with Gasteiger partial charge < -0.3 is 4.74 Å². The number of halogens is 2. The summed E-state index contributed by atoms with van der Waals surface area (Å²) in [7, 11) is 1.63. The Hall–Kier alpha value is -1.51. The number of methoxy groups -OCH3 is 1. The highest BCUT2D eigenvalue weighted by molar-refractivity contribution is 6.45. The van der Waals surface area contributed by atoms with E-state index in [0.29, 0.717) is 10.0 Å². The highest BCUT2D eigenvalue weighted by Crippen LogP contribution is 2.35. The monoisotopic (exact) mass is 277 g/mol. The smallest absolute Gasteiger partial charge is 0.121 e. The number of nitrogens with zero attached hydrogens (tertiary/aromatic N) is 1. The average Bonchev–Trinajstić information content (AvgIpc) is 2.38. The molecule has 0 aliphatic carbocycles. The number of benzene rings is 2. The summed E-state index contributed by atoms with van der Waals surface area (Å²) in [6.45, 7) is 0. The molecule has 2 aromatic carbocycles. The Morgan fingerprint density at radius 1 is 1.06 bits per heavy atom. The van der Waals surface area contributed by atoms with Crippen LogP contribution < -0.4 is 4.74 Å². The molecule has 0 N–H and O–H groups in total. The van der Waals surface area contributed by atoms with E-state index in [9.17, 15) is 0 Å². The lowest BCUT2D eigenvalue weighted by molar-refractivity contribution is 0.415. The second kappa shape index (κ2) is 4.30. The van der Waals surface area contributed by atoms with E-state index < -0.39 is 0 Å². The van der Waals surface area contributed by atoms with Crippen LogP contribution in [0.25, 0.3) is 21.8 Å². The molecule has 3 aromatic rings. The summed E-state index contributed by atoms with van der Waals surface area (Å²) in [6, 6.07) is 11.2. The number of pyridine rings is 1. The summed E-state index contributed by atoms with van der Waals surface area (Å²) in [5, 5.41) is 2.91. The van der Waals surface area contributed by atoms with Crippen LogP contribution in [-0.2, 0) is 0 Å². The molecule has 3 rings (SSSR count). The summed E-state index contributed by atoms with van der Waals surface area (Å²) in [6.07, 6.45) is 0. The van der Waals surface area contributed by atoms with Gasteiger partial charge in [0.15, 0.2) is 0 Å². The Labute approximate surface area is 114 Å². The lowest BCUT2D eigenvalue weighted by Gasteiger charge is -2.08. The molecule has 0 aliphatic rings. The maximum atomic E-state index is 6.41. The largest absolute Gasteiger partial charge is 0.497 e. The lowest BCUT2D eigenvalue weighted by atomic mass is 10.1. The Morgan fingerprint density at radius 3 is 2.67 bits per heavy atom. The fraction of sp³-hybridized carbons (Fsp3) is 0.0714. The van der Waals surface area contributed by atoms with Gasteiger partial charge in [0.05, 0.1) is 28.2 Å². The van der Waals surface area contributed by atoms with Crippen molar-refractivity contribution >= 4 is 45.0 Å². The van der Waals surface area contributed by atoms with Crippen LogP contribution in [0.2, 0.25) is 10.0 Å². The van der Waals surface area contributed by atoms with Gasteiger partial charge in [0, 0.05) is 16.8 Å². The van der Waals surface area contributed by atoms with E-state index in [4.69, 9.17) is 27.9 Å². The molecular formula is C14H9Cl2NO. The summed E-state index contributed by atoms with van der Waals surface area (Å²) < 4.78 is 5.19. The number of hydrogen-bond donors (Lipinski definition) is 0. The molecule has 0 unspecified atom stereocenters. The summed E-state index contributed by atoms with van der Waals surface area (Å²) in [5.41, 5.74) is 1.59. The lowest BCUT2D eigenvalue weighted by Crippen LogP contribution is -1.88. The van der Waals surface area contributed by atoms with Crippen LogP contribution in [0.3, 0.4) is 0 Å². The number of fused-ring (bicyclic) bond motifs is 2. The molecule has 18 heavy (non-hydrogen) atoms. The van der Waals surface area contributed by atoms with Crippen molar-refractivity contribution in [2.75, 3.05) is 7.11 Å². The zero-order valence-corrected chi connectivity index (χ0v) is 11.1. The molecule has 2 nitrogen and oxygen atoms in total. The standard InChI is InChI=1S/C14H9Cl2NO/c1-18-8-5-6-9-12(7-8)17-11-4-2-3-10(15)13(11)14(9)16/h2-7H,1H3. The molecule has 0 radical (unpaired) electrons. The topological polar surface area (TPSA) is 22.1 Å². The SMILES string of the molecule is COc1ccc2c(Cl)c3c(Cl)cccc3nc2c1. The Morgan fingerprint density at radius 2 is 1.89 bits per heavy atom. The zero-order chi connectivity index (χ0) is 12.7. The van der Waals surface area contributed by atoms with Gasteiger partial charge in [-0.15, -0.1) is 0 Å². The summed E-state index contributed by atoms with van der Waals surface area (Å²) in [5.74, 6) is 0.757. The first kappa shape index (κ1) is 11.6. The number of rotatable bonds is 1. The van der Waals surface area contributed by atoms with E-state index in [1.165, 1.54) is 0 Å². The molecule has 90 valence electrons. The van der Waals surface area contributed by atoms with Crippen LogP contribution in [0, 0.1) is 0 Å². The third-order valence-corrected chi connectivity index (χ3v) is 3.60. The Balaban J connectivity index is 2.48. The van der Waals surface area contributed by atoms with Crippen LogP contribution in [0.1, 0.15) is 0 Å². The fourth-order valence-corrected chi connectivity index (χ4v) is 2.68. The first-order valence-corrected chi connectivity index (χ1v) is 6.18. The van der Waals surface area contributed by atoms with Crippen molar-refractivity contribution in [3.8, 4) is 5.75 Å². The van der Waals surface area contributed by atoms with Crippen LogP contribution in [0.15, 0.2) is 36.4 Å². The van der Waals surface area contributed by atoms with Gasteiger partial charge in [-0.25, -0.2) is 4.98 Å². The first-order valence-electron chi connectivity index (χ1n) is 5.42. The quantitative estimate of drug-likeness (QED) is 0.602. The highest BCUT2D eigenvalue weighted by atomic mass is 35.5. The molecule has 0 amide bonds. The van der Waals surface area contributed by atoms with Gasteiger partial charge in [-0.3, -0.25) is 0 Å². The van der Waals surface area contributed by atoms with E-state index >= 15 is 0 Å². The maximum absolute atomic E-state index is 6.41. The second-order valence-electron chi connectivity index (χ2n) is 3.94. The number of ether oxygens (including phenoxy) is 1. The molecule has 0 aliphatic heterocycles. The van der Waals surface area contributed by atoms with Crippen LogP contribution >= 0.6 is 23.2 Å². The molecule has 1 heterocycles. The van der Waals surface area contributed by atoms with Gasteiger partial charge in [-0.2, -0.15) is 0 Å². The Bertz CT molecular complexity index is 755. The van der Waals surface area contributed by atoms with E-state index in [1.54, 1.807) is 7.11 Å². The van der Waals surface area contributed by atoms with Crippen LogP contribution in [-0.4, -0.2) is 12.1 Å². The summed E-state index contributed by atoms with van der Waals surface area (Å²) >= 11 is 12.6. The predicted octanol–water partition coefficient (Wildman–Crippen LogP) is 4.70. The third kappa shape index (κ3) is 1.69. The second-order valence-corrected chi connectivity index (χ2v) is 4.73. The summed E-state index contributed by atoms with van der Waals surface area (Å²) in [4.78, 5) is 4.56. The highest BCUT2D eigenvalue weighted by Gasteiger charge is 2.10. The first-order chi connectivity index (χ1) is 8.70. The predicted molar refractivity (Wildman–Crippen MR) is 75.8 cm³/mol. The van der Waals surface area contributed by atoms with Crippen molar-refractivity contribution in [2.45, 2.75) is 0 Å². The van der Waals surface area contributed by atoms with Crippen molar-refractivity contribution in [1.82, 2.24) is 4.98 Å². The Kier molecular flexibility index (Phi) is 2.77. The molecule has 0 atom stereocenters. The molecule has 0 fully saturated rings. The average molecular weight is 278 g/mol. The van der Waals surface area contributed by atoms with Gasteiger partial charge in [0.1, 0.15) is 5.75 Å². The minimum absolute atomic E-state index is 0.614. The van der Waals surface area contributed by atoms with E-state index in [-0.39, 0.29) is 0 Å². The van der Waals surface area contributed by atoms with Gasteiger partial charge >= 0.3 is 0 Å². The van der Waals surface area contributed by atoms with E-state index in [2.05, 4.69) is 4.98 Å². The van der Waals surface area contributed by atoms with Crippen molar-refractivity contribution in [1.29, 1.82) is 0 Å². The van der Waals surface area contributed by atoms with Crippen LogP contribution in [0.4, 0.5) is 0 Å². The van der Waals surface area contributed by atoms with Crippen molar-refractivity contribution in [3.05, 3.63) is 46.4 Å². The third-order valence-electron chi connectivity index (χ3n) is 2.89. The normalized spacial score (nSPS) is 11.1. The number of hydrogen-bond acceptors (Lipinski definition) is 2. The van der Waals surface area contributed by atoms with Gasteiger partial charge in [-0.05, 0) is 24.3 Å². The number of aromatic nitrogens is 1. The van der Waals surface area contributed by atoms with Gasteiger partial charge in [0.25, 0.3) is 0 Å². The van der Waals surface area contributed by atoms with Crippen molar-refractivity contribution < 1.29 is 4.74 Å². The minimum Gasteiger partial charge on any atom is -0.497 e. The molecule has 0 saturated heterocycles. The van der Waals surface area contributed by atoms with Gasteiger partial charge in [-0.1, -0.05) is 29.3 Å². The maximum Gasteiger partial charge on any atom is 0.121 e. The minimum atomic E-state index is 0.614. The van der Waals surface area contributed by atoms with Gasteiger partial charge in [0.2, 0.25) is 0 Å². The van der Waals surface area contributed by atoms with Crippen molar-refractivity contribution in [3.63, 3.8) is 0 Å². The zero-order valence-electron chi connectivity index (χ0n) is 9.58. The van der Waals surface area contributed by atoms with Crippen molar-refractivity contribution in [2.24, 2.45) is 0 Å². The molecule has 0 bridgehead atoms. The van der Waals surface area contributed by atoms with E-state index in [1.807, 2.05) is 36.4 Å². The molecule has 4 heteroatoms. The molecular weight excluding hydrogens is 269 g/mol. The molecule has 0 spiro atoms. The van der Waals surface area contributed by atoms with Crippen LogP contribution in [0.5, 0.6) is 5.75 Å². The molecule has 0 saturated carbocycles. The fourth-order valence-electron chi connectivity index (χ4n) is 2.00. The molecule has 1 aromatic heterocycles.